The van der Waals surface area contributed by atoms with E-state index in [4.69, 9.17) is 11.1 Å². The molecule has 11 heavy (non-hydrogen) atoms. The number of rotatable bonds is 2. The Bertz CT molecular complexity index is 255. The first-order chi connectivity index (χ1) is 5.22. The third kappa shape index (κ3) is 2.19. The molecule has 0 aliphatic carbocycles. The highest BCUT2D eigenvalue weighted by atomic mass is 32.1. The van der Waals surface area contributed by atoms with Crippen LogP contribution in [0.4, 0.5) is 5.13 Å². The van der Waals surface area contributed by atoms with Crippen molar-refractivity contribution in [2.45, 2.75) is 6.92 Å². The maximum Gasteiger partial charge on any atom is 0.192 e. The van der Waals surface area contributed by atoms with E-state index in [0.29, 0.717) is 5.13 Å². The van der Waals surface area contributed by atoms with Crippen LogP contribution >= 0.6 is 11.3 Å². The average molecular weight is 169 g/mol. The van der Waals surface area contributed by atoms with Crippen molar-refractivity contribution < 1.29 is 0 Å². The molecule has 0 saturated heterocycles. The third-order valence-electron chi connectivity index (χ3n) is 1.06. The Kier molecular flexibility index (Phi) is 2.43. The standard InChI is InChI=1S/C6H9N4S/c1-2-4-3-11-6(9-4)10-5(7)8/h2-3H,1H3,(H4,7,8,9,10). The predicted molar refractivity (Wildman–Crippen MR) is 46.7 cm³/mol. The zero-order valence-corrected chi connectivity index (χ0v) is 6.90. The number of nitrogens with one attached hydrogen (secondary N) is 2. The van der Waals surface area contributed by atoms with E-state index in [1.54, 1.807) is 0 Å². The summed E-state index contributed by atoms with van der Waals surface area (Å²) in [5.74, 6) is -0.0815. The maximum absolute atomic E-state index is 6.92. The van der Waals surface area contributed by atoms with Gasteiger partial charge in [-0.15, -0.1) is 11.3 Å². The molecule has 1 aromatic rings. The van der Waals surface area contributed by atoms with E-state index in [9.17, 15) is 0 Å². The zero-order chi connectivity index (χ0) is 8.27. The lowest BCUT2D eigenvalue weighted by molar-refractivity contribution is 1.25. The van der Waals surface area contributed by atoms with Crippen LogP contribution in [-0.2, 0) is 0 Å². The van der Waals surface area contributed by atoms with Gasteiger partial charge in [0, 0.05) is 11.8 Å². The fourth-order valence-corrected chi connectivity index (χ4v) is 1.34. The van der Waals surface area contributed by atoms with Crippen molar-refractivity contribution in [1.82, 2.24) is 4.98 Å². The topological polar surface area (TPSA) is 74.8 Å². The van der Waals surface area contributed by atoms with Gasteiger partial charge in [0.05, 0.1) is 5.69 Å². The Morgan fingerprint density at radius 1 is 1.91 bits per heavy atom. The van der Waals surface area contributed by atoms with Gasteiger partial charge in [0.25, 0.3) is 0 Å². The summed E-state index contributed by atoms with van der Waals surface area (Å²) in [6, 6.07) is 0. The van der Waals surface area contributed by atoms with Gasteiger partial charge < -0.3 is 11.1 Å². The number of anilines is 1. The summed E-state index contributed by atoms with van der Waals surface area (Å²) in [6.45, 7) is 1.91. The summed E-state index contributed by atoms with van der Waals surface area (Å²) in [5, 5.41) is 12.1. The lowest BCUT2D eigenvalue weighted by atomic mass is 10.4. The first kappa shape index (κ1) is 8.00. The predicted octanol–water partition coefficient (Wildman–Crippen LogP) is 1.02. The van der Waals surface area contributed by atoms with E-state index in [0.717, 1.165) is 5.69 Å². The molecular formula is C6H9N4S. The van der Waals surface area contributed by atoms with Crippen molar-refractivity contribution in [2.24, 2.45) is 5.73 Å². The Balaban J connectivity index is 2.65. The Morgan fingerprint density at radius 2 is 2.64 bits per heavy atom. The number of hydrogen-bond acceptors (Lipinski definition) is 3. The van der Waals surface area contributed by atoms with Crippen molar-refractivity contribution in [1.29, 1.82) is 5.41 Å². The van der Waals surface area contributed by atoms with Crippen LogP contribution in [0.1, 0.15) is 12.6 Å². The van der Waals surface area contributed by atoms with Gasteiger partial charge in [0.15, 0.2) is 11.1 Å². The molecule has 0 aliphatic heterocycles. The van der Waals surface area contributed by atoms with Gasteiger partial charge in [-0.3, -0.25) is 5.41 Å². The van der Waals surface area contributed by atoms with E-state index < -0.39 is 0 Å². The van der Waals surface area contributed by atoms with Crippen LogP contribution in [0.2, 0.25) is 0 Å². The van der Waals surface area contributed by atoms with Gasteiger partial charge >= 0.3 is 0 Å². The van der Waals surface area contributed by atoms with Crippen molar-refractivity contribution in [3.05, 3.63) is 17.5 Å². The first-order valence-corrected chi connectivity index (χ1v) is 3.96. The highest BCUT2D eigenvalue weighted by molar-refractivity contribution is 7.13. The van der Waals surface area contributed by atoms with Crippen molar-refractivity contribution in [3.63, 3.8) is 0 Å². The summed E-state index contributed by atoms with van der Waals surface area (Å²) in [5.41, 5.74) is 6.01. The monoisotopic (exact) mass is 169 g/mol. The fourth-order valence-electron chi connectivity index (χ4n) is 0.591. The molecule has 0 aromatic carbocycles. The van der Waals surface area contributed by atoms with Crippen molar-refractivity contribution >= 4 is 22.4 Å². The van der Waals surface area contributed by atoms with Crippen LogP contribution < -0.4 is 11.1 Å². The number of nitrogens with two attached hydrogens (primary N) is 1. The largest absolute Gasteiger partial charge is 0.370 e. The van der Waals surface area contributed by atoms with E-state index in [1.807, 2.05) is 18.7 Å². The summed E-state index contributed by atoms with van der Waals surface area (Å²) in [7, 11) is 0. The lowest BCUT2D eigenvalue weighted by Gasteiger charge is -1.95. The van der Waals surface area contributed by atoms with Crippen LogP contribution in [0.3, 0.4) is 0 Å². The lowest BCUT2D eigenvalue weighted by Crippen LogP contribution is -2.20. The minimum atomic E-state index is -0.0815. The minimum Gasteiger partial charge on any atom is -0.370 e. The van der Waals surface area contributed by atoms with Gasteiger partial charge in [-0.05, 0) is 0 Å². The van der Waals surface area contributed by atoms with E-state index in [-0.39, 0.29) is 5.96 Å². The van der Waals surface area contributed by atoms with Crippen LogP contribution in [0.25, 0.3) is 0 Å². The van der Waals surface area contributed by atoms with Gasteiger partial charge in [-0.2, -0.15) is 0 Å². The summed E-state index contributed by atoms with van der Waals surface area (Å²) < 4.78 is 0. The second kappa shape index (κ2) is 3.34. The van der Waals surface area contributed by atoms with Gasteiger partial charge in [0.1, 0.15) is 0 Å². The van der Waals surface area contributed by atoms with Crippen LogP contribution in [0.15, 0.2) is 5.38 Å². The molecule has 4 nitrogen and oxygen atoms in total. The minimum absolute atomic E-state index is 0.0815. The van der Waals surface area contributed by atoms with Crippen LogP contribution in [0.5, 0.6) is 0 Å². The first-order valence-electron chi connectivity index (χ1n) is 3.08. The maximum atomic E-state index is 6.92. The zero-order valence-electron chi connectivity index (χ0n) is 6.09. The third-order valence-corrected chi connectivity index (χ3v) is 1.84. The SMILES string of the molecule is C[CH]c1csc(NC(=N)N)n1. The molecular weight excluding hydrogens is 160 g/mol. The summed E-state index contributed by atoms with van der Waals surface area (Å²) >= 11 is 1.43. The molecule has 0 unspecified atom stereocenters. The molecule has 0 amide bonds. The molecule has 1 rings (SSSR count). The Hall–Kier alpha value is -1.10. The normalized spacial score (nSPS) is 9.55. The Morgan fingerprint density at radius 3 is 3.09 bits per heavy atom. The number of thiazole rings is 1. The number of aromatic nitrogens is 1. The van der Waals surface area contributed by atoms with E-state index in [2.05, 4.69) is 10.3 Å². The molecule has 4 N–H and O–H groups in total. The molecule has 0 aliphatic rings. The molecule has 1 heterocycles. The second-order valence-corrected chi connectivity index (χ2v) is 2.76. The van der Waals surface area contributed by atoms with Crippen LogP contribution in [-0.4, -0.2) is 10.9 Å². The van der Waals surface area contributed by atoms with Crippen molar-refractivity contribution in [2.75, 3.05) is 5.32 Å². The number of nitrogens with zero attached hydrogens (tertiary/aromatic N) is 1. The summed E-state index contributed by atoms with van der Waals surface area (Å²) in [6.07, 6.45) is 1.89. The Labute approximate surface area is 69.0 Å². The number of hydrogen-bond donors (Lipinski definition) is 3. The van der Waals surface area contributed by atoms with Crippen LogP contribution in [0, 0.1) is 11.8 Å². The molecule has 0 spiro atoms. The molecule has 0 bridgehead atoms. The van der Waals surface area contributed by atoms with Gasteiger partial charge in [-0.25, -0.2) is 4.98 Å². The smallest absolute Gasteiger partial charge is 0.192 e. The summed E-state index contributed by atoms with van der Waals surface area (Å²) in [4.78, 5) is 4.10. The number of guanidine groups is 1. The second-order valence-electron chi connectivity index (χ2n) is 1.90. The van der Waals surface area contributed by atoms with Gasteiger partial charge in [-0.1, -0.05) is 6.92 Å². The molecule has 0 fully saturated rings. The quantitative estimate of drug-likeness (QED) is 0.457. The molecule has 0 saturated carbocycles. The van der Waals surface area contributed by atoms with E-state index >= 15 is 0 Å². The highest BCUT2D eigenvalue weighted by Crippen LogP contribution is 2.15. The highest BCUT2D eigenvalue weighted by Gasteiger charge is 1.99. The molecule has 59 valence electrons. The van der Waals surface area contributed by atoms with E-state index in [1.165, 1.54) is 11.3 Å². The molecule has 1 aromatic heterocycles. The van der Waals surface area contributed by atoms with Gasteiger partial charge in [0.2, 0.25) is 0 Å². The molecule has 1 radical (unpaired) electrons. The molecule has 0 atom stereocenters. The van der Waals surface area contributed by atoms with Crippen molar-refractivity contribution in [3.8, 4) is 0 Å². The average Bonchev–Trinajstić information content (AvgIpc) is 2.34. The molecule has 5 heteroatoms. The fraction of sp³-hybridized carbons (Fsp3) is 0.167.